The molecule has 1 aromatic heterocycles. The number of ether oxygens (including phenoxy) is 1. The van der Waals surface area contributed by atoms with E-state index >= 15 is 0 Å². The highest BCUT2D eigenvalue weighted by Gasteiger charge is 2.37. The average Bonchev–Trinajstić information content (AvgIpc) is 2.60. The van der Waals surface area contributed by atoms with E-state index in [1.165, 1.54) is 12.3 Å². The van der Waals surface area contributed by atoms with Gasteiger partial charge in [0.15, 0.2) is 0 Å². The zero-order chi connectivity index (χ0) is 20.2. The highest BCUT2D eigenvalue weighted by molar-refractivity contribution is 5.82. The summed E-state index contributed by atoms with van der Waals surface area (Å²) in [7, 11) is 2.06. The molecule has 27 heavy (non-hydrogen) atoms. The first kappa shape index (κ1) is 21.5. The summed E-state index contributed by atoms with van der Waals surface area (Å²) in [5.41, 5.74) is -1.93. The van der Waals surface area contributed by atoms with Gasteiger partial charge in [0.2, 0.25) is 11.8 Å². The molecule has 1 aliphatic rings. The summed E-state index contributed by atoms with van der Waals surface area (Å²) < 4.78 is 44.4. The Bertz CT molecular complexity index is 649. The number of alkyl halides is 3. The van der Waals surface area contributed by atoms with Crippen LogP contribution in [0.25, 0.3) is 0 Å². The highest BCUT2D eigenvalue weighted by atomic mass is 19.4. The predicted octanol–water partition coefficient (Wildman–Crippen LogP) is 3.35. The summed E-state index contributed by atoms with van der Waals surface area (Å²) in [6.45, 7) is 7.05. The summed E-state index contributed by atoms with van der Waals surface area (Å²) in [5, 5.41) is 3.07. The van der Waals surface area contributed by atoms with Crippen molar-refractivity contribution in [3.8, 4) is 5.88 Å². The second-order valence-electron chi connectivity index (χ2n) is 7.83. The lowest BCUT2D eigenvalue weighted by Crippen LogP contribution is -2.53. The van der Waals surface area contributed by atoms with Crippen molar-refractivity contribution in [2.24, 2.45) is 11.3 Å². The van der Waals surface area contributed by atoms with Gasteiger partial charge in [-0.3, -0.25) is 4.79 Å². The van der Waals surface area contributed by atoms with Crippen molar-refractivity contribution >= 4 is 5.91 Å². The van der Waals surface area contributed by atoms with Crippen LogP contribution in [0.2, 0.25) is 0 Å². The van der Waals surface area contributed by atoms with Crippen LogP contribution in [0.5, 0.6) is 5.88 Å². The number of carbonyl (C=O) groups is 1. The van der Waals surface area contributed by atoms with E-state index in [1.54, 1.807) is 13.8 Å². The van der Waals surface area contributed by atoms with Crippen molar-refractivity contribution in [2.75, 3.05) is 26.7 Å². The average molecular weight is 387 g/mol. The molecule has 1 fully saturated rings. The number of aromatic nitrogens is 1. The van der Waals surface area contributed by atoms with Gasteiger partial charge in [-0.05, 0) is 51.9 Å². The molecule has 2 rings (SSSR count). The van der Waals surface area contributed by atoms with Crippen LogP contribution in [0.15, 0.2) is 18.3 Å². The standard InChI is InChI=1S/C19H28F3N3O2/c1-5-13-11-25(4)10-8-15(13)24-17(26)18(2,3)12-27-16-14(19(20,21)22)7-6-9-23-16/h6-7,9,13,15H,5,8,10-12H2,1-4H3,(H,24,26)/t13-,15+/m1/s1. The monoisotopic (exact) mass is 387 g/mol. The molecular weight excluding hydrogens is 359 g/mol. The number of piperidine rings is 1. The fraction of sp³-hybridized carbons (Fsp3) is 0.684. The van der Waals surface area contributed by atoms with Crippen molar-refractivity contribution < 1.29 is 22.7 Å². The molecule has 1 saturated heterocycles. The minimum Gasteiger partial charge on any atom is -0.476 e. The lowest BCUT2D eigenvalue weighted by atomic mass is 9.87. The number of hydrogen-bond donors (Lipinski definition) is 1. The molecule has 0 radical (unpaired) electrons. The van der Waals surface area contributed by atoms with Crippen LogP contribution in [-0.4, -0.2) is 48.6 Å². The van der Waals surface area contributed by atoms with Gasteiger partial charge >= 0.3 is 6.18 Å². The van der Waals surface area contributed by atoms with E-state index in [4.69, 9.17) is 4.74 Å². The number of pyridine rings is 1. The Labute approximate surface area is 158 Å². The van der Waals surface area contributed by atoms with Crippen LogP contribution in [0, 0.1) is 11.3 Å². The molecule has 0 aromatic carbocycles. The molecule has 0 aliphatic carbocycles. The van der Waals surface area contributed by atoms with E-state index in [9.17, 15) is 18.0 Å². The SMILES string of the molecule is CC[C@@H]1CN(C)CC[C@@H]1NC(=O)C(C)(C)COc1ncccc1C(F)(F)F. The van der Waals surface area contributed by atoms with Crippen molar-refractivity contribution in [1.82, 2.24) is 15.2 Å². The van der Waals surface area contributed by atoms with Gasteiger partial charge in [0.1, 0.15) is 12.2 Å². The minimum absolute atomic E-state index is 0.0681. The van der Waals surface area contributed by atoms with E-state index in [0.717, 1.165) is 32.0 Å². The molecule has 0 bridgehead atoms. The Morgan fingerprint density at radius 3 is 2.74 bits per heavy atom. The van der Waals surface area contributed by atoms with Crippen molar-refractivity contribution in [1.29, 1.82) is 0 Å². The van der Waals surface area contributed by atoms with Crippen molar-refractivity contribution in [3.05, 3.63) is 23.9 Å². The summed E-state index contributed by atoms with van der Waals surface area (Å²) in [6.07, 6.45) is -1.51. The Morgan fingerprint density at radius 2 is 2.11 bits per heavy atom. The molecule has 2 atom stereocenters. The fourth-order valence-electron chi connectivity index (χ4n) is 3.22. The molecule has 0 spiro atoms. The summed E-state index contributed by atoms with van der Waals surface area (Å²) in [5.74, 6) is -0.367. The van der Waals surface area contributed by atoms with Gasteiger partial charge in [0.25, 0.3) is 0 Å². The first-order valence-electron chi connectivity index (χ1n) is 9.19. The lowest BCUT2D eigenvalue weighted by molar-refractivity contribution is -0.139. The van der Waals surface area contributed by atoms with E-state index < -0.39 is 23.0 Å². The molecule has 0 saturated carbocycles. The maximum Gasteiger partial charge on any atom is 0.421 e. The van der Waals surface area contributed by atoms with Crippen LogP contribution in [0.4, 0.5) is 13.2 Å². The molecule has 1 aromatic rings. The molecule has 1 N–H and O–H groups in total. The van der Waals surface area contributed by atoms with E-state index in [0.29, 0.717) is 5.92 Å². The topological polar surface area (TPSA) is 54.5 Å². The van der Waals surface area contributed by atoms with Crippen LogP contribution in [0.1, 0.15) is 39.2 Å². The van der Waals surface area contributed by atoms with Gasteiger partial charge in [0, 0.05) is 18.8 Å². The first-order chi connectivity index (χ1) is 12.5. The normalized spacial score (nSPS) is 21.7. The largest absolute Gasteiger partial charge is 0.476 e. The third-order valence-corrected chi connectivity index (χ3v) is 5.04. The Hall–Kier alpha value is -1.83. The maximum atomic E-state index is 13.0. The van der Waals surface area contributed by atoms with Crippen LogP contribution in [-0.2, 0) is 11.0 Å². The number of nitrogens with zero attached hydrogens (tertiary/aromatic N) is 2. The van der Waals surface area contributed by atoms with Crippen molar-refractivity contribution in [2.45, 2.75) is 45.8 Å². The quantitative estimate of drug-likeness (QED) is 0.813. The van der Waals surface area contributed by atoms with E-state index in [2.05, 4.69) is 29.2 Å². The van der Waals surface area contributed by atoms with Gasteiger partial charge in [-0.1, -0.05) is 13.3 Å². The van der Waals surface area contributed by atoms with Gasteiger partial charge in [-0.25, -0.2) is 4.98 Å². The van der Waals surface area contributed by atoms with Gasteiger partial charge < -0.3 is 15.0 Å². The van der Waals surface area contributed by atoms with Crippen LogP contribution in [0.3, 0.4) is 0 Å². The van der Waals surface area contributed by atoms with Gasteiger partial charge in [-0.2, -0.15) is 13.2 Å². The number of carbonyl (C=O) groups excluding carboxylic acids is 1. The summed E-state index contributed by atoms with van der Waals surface area (Å²) in [6, 6.07) is 2.19. The molecule has 2 heterocycles. The number of hydrogen-bond acceptors (Lipinski definition) is 4. The lowest BCUT2D eigenvalue weighted by Gasteiger charge is -2.38. The third kappa shape index (κ3) is 5.57. The highest BCUT2D eigenvalue weighted by Crippen LogP contribution is 2.35. The molecule has 1 aliphatic heterocycles. The Morgan fingerprint density at radius 1 is 1.41 bits per heavy atom. The number of nitrogens with one attached hydrogen (secondary N) is 1. The zero-order valence-corrected chi connectivity index (χ0v) is 16.3. The summed E-state index contributed by atoms with van der Waals surface area (Å²) in [4.78, 5) is 18.7. The molecule has 5 nitrogen and oxygen atoms in total. The zero-order valence-electron chi connectivity index (χ0n) is 16.3. The smallest absolute Gasteiger partial charge is 0.421 e. The van der Waals surface area contributed by atoms with Gasteiger partial charge in [-0.15, -0.1) is 0 Å². The number of halogens is 3. The first-order valence-corrected chi connectivity index (χ1v) is 9.19. The van der Waals surface area contributed by atoms with E-state index in [1.807, 2.05) is 0 Å². The molecular formula is C19H28F3N3O2. The third-order valence-electron chi connectivity index (χ3n) is 5.04. The number of likely N-dealkylation sites (tertiary alicyclic amines) is 1. The molecule has 152 valence electrons. The Kier molecular flexibility index (Phi) is 6.72. The Balaban J connectivity index is 2.01. The van der Waals surface area contributed by atoms with Gasteiger partial charge in [0.05, 0.1) is 5.41 Å². The van der Waals surface area contributed by atoms with E-state index in [-0.39, 0.29) is 18.6 Å². The number of rotatable bonds is 6. The minimum atomic E-state index is -4.56. The maximum absolute atomic E-state index is 13.0. The van der Waals surface area contributed by atoms with Crippen LogP contribution >= 0.6 is 0 Å². The number of amides is 1. The molecule has 1 amide bonds. The fourth-order valence-corrected chi connectivity index (χ4v) is 3.22. The molecule has 8 heteroatoms. The second-order valence-corrected chi connectivity index (χ2v) is 7.83. The summed E-state index contributed by atoms with van der Waals surface area (Å²) >= 11 is 0. The van der Waals surface area contributed by atoms with Crippen molar-refractivity contribution in [3.63, 3.8) is 0 Å². The second kappa shape index (κ2) is 8.46. The van der Waals surface area contributed by atoms with Crippen LogP contribution < -0.4 is 10.1 Å². The predicted molar refractivity (Wildman–Crippen MR) is 96.3 cm³/mol. The molecule has 0 unspecified atom stereocenters.